The molecule has 2 fully saturated rings. The smallest absolute Gasteiger partial charge is 0.00150 e. The summed E-state index contributed by atoms with van der Waals surface area (Å²) in [6.07, 6.45) is 7.25. The number of hydrogen-bond donors (Lipinski definition) is 1. The second-order valence-electron chi connectivity index (χ2n) is 5.47. The molecule has 0 heterocycles. The molecule has 0 spiro atoms. The van der Waals surface area contributed by atoms with Crippen LogP contribution in [0.15, 0.2) is 0 Å². The van der Waals surface area contributed by atoms with E-state index < -0.39 is 0 Å². The van der Waals surface area contributed by atoms with E-state index >= 15 is 0 Å². The van der Waals surface area contributed by atoms with Crippen LogP contribution in [0.3, 0.4) is 0 Å². The summed E-state index contributed by atoms with van der Waals surface area (Å²) in [7, 11) is 0. The molecule has 2 rings (SSSR count). The fraction of sp³-hybridized carbons (Fsp3) is 1.00. The molecular weight excluding hydrogens is 158 g/mol. The van der Waals surface area contributed by atoms with E-state index in [2.05, 4.69) is 13.8 Å². The molecule has 0 bridgehead atoms. The molecule has 2 atom stereocenters. The van der Waals surface area contributed by atoms with Crippen molar-refractivity contribution in [3.8, 4) is 0 Å². The molecule has 1 heteroatoms. The molecule has 0 aromatic rings. The fourth-order valence-corrected chi connectivity index (χ4v) is 3.62. The molecule has 0 aliphatic heterocycles. The molecule has 2 N–H and O–H groups in total. The van der Waals surface area contributed by atoms with Crippen LogP contribution in [0.2, 0.25) is 0 Å². The van der Waals surface area contributed by atoms with Crippen molar-refractivity contribution in [2.24, 2.45) is 28.9 Å². The van der Waals surface area contributed by atoms with Gasteiger partial charge in [-0.3, -0.25) is 0 Å². The van der Waals surface area contributed by atoms with E-state index in [0.29, 0.717) is 5.41 Å². The molecule has 2 aliphatic carbocycles. The number of hydrogen-bond acceptors (Lipinski definition) is 1. The molecule has 2 unspecified atom stereocenters. The van der Waals surface area contributed by atoms with E-state index in [9.17, 15) is 0 Å². The summed E-state index contributed by atoms with van der Waals surface area (Å²) in [4.78, 5) is 0. The van der Waals surface area contributed by atoms with Crippen molar-refractivity contribution in [2.45, 2.75) is 46.0 Å². The molecule has 0 amide bonds. The standard InChI is InChI=1S/C12H23N/c1-9(2)11-7-12(11,8-13)10-5-3-4-6-10/h9-11H,3-8,13H2,1-2H3. The monoisotopic (exact) mass is 181 g/mol. The average molecular weight is 181 g/mol. The van der Waals surface area contributed by atoms with Gasteiger partial charge in [-0.2, -0.15) is 0 Å². The van der Waals surface area contributed by atoms with Gasteiger partial charge in [0.05, 0.1) is 0 Å². The van der Waals surface area contributed by atoms with Crippen molar-refractivity contribution in [3.05, 3.63) is 0 Å². The van der Waals surface area contributed by atoms with Crippen molar-refractivity contribution in [2.75, 3.05) is 6.54 Å². The van der Waals surface area contributed by atoms with Crippen molar-refractivity contribution in [1.29, 1.82) is 0 Å². The van der Waals surface area contributed by atoms with Gasteiger partial charge in [-0.05, 0) is 49.0 Å². The normalized spacial score (nSPS) is 40.2. The second-order valence-corrected chi connectivity index (χ2v) is 5.47. The van der Waals surface area contributed by atoms with Crippen LogP contribution in [0.4, 0.5) is 0 Å². The third-order valence-electron chi connectivity index (χ3n) is 4.53. The first-order chi connectivity index (χ1) is 6.20. The van der Waals surface area contributed by atoms with E-state index in [1.807, 2.05) is 0 Å². The Bertz CT molecular complexity index is 182. The highest BCUT2D eigenvalue weighted by Crippen LogP contribution is 2.63. The lowest BCUT2D eigenvalue weighted by Crippen LogP contribution is -2.26. The maximum atomic E-state index is 5.98. The first-order valence-electron chi connectivity index (χ1n) is 5.91. The van der Waals surface area contributed by atoms with E-state index in [0.717, 1.165) is 24.3 Å². The minimum Gasteiger partial charge on any atom is -0.330 e. The second kappa shape index (κ2) is 3.27. The Labute approximate surface area is 82.1 Å². The summed E-state index contributed by atoms with van der Waals surface area (Å²) < 4.78 is 0. The van der Waals surface area contributed by atoms with Crippen LogP contribution < -0.4 is 5.73 Å². The van der Waals surface area contributed by atoms with Gasteiger partial charge in [0.1, 0.15) is 0 Å². The summed E-state index contributed by atoms with van der Waals surface area (Å²) in [5.41, 5.74) is 6.56. The first-order valence-corrected chi connectivity index (χ1v) is 5.91. The zero-order chi connectivity index (χ0) is 9.47. The quantitative estimate of drug-likeness (QED) is 0.712. The van der Waals surface area contributed by atoms with E-state index in [1.165, 1.54) is 32.1 Å². The summed E-state index contributed by atoms with van der Waals surface area (Å²) in [5.74, 6) is 2.77. The third kappa shape index (κ3) is 1.41. The summed E-state index contributed by atoms with van der Waals surface area (Å²) in [6, 6.07) is 0. The van der Waals surface area contributed by atoms with Gasteiger partial charge in [0.2, 0.25) is 0 Å². The third-order valence-corrected chi connectivity index (χ3v) is 4.53. The zero-order valence-corrected chi connectivity index (χ0v) is 9.05. The van der Waals surface area contributed by atoms with Crippen LogP contribution >= 0.6 is 0 Å². The Balaban J connectivity index is 2.02. The Morgan fingerprint density at radius 3 is 2.31 bits per heavy atom. The van der Waals surface area contributed by atoms with Gasteiger partial charge in [0, 0.05) is 0 Å². The molecule has 0 aromatic heterocycles. The average Bonchev–Trinajstić information content (AvgIpc) is 2.62. The Morgan fingerprint density at radius 1 is 1.31 bits per heavy atom. The van der Waals surface area contributed by atoms with Gasteiger partial charge >= 0.3 is 0 Å². The molecule has 1 nitrogen and oxygen atoms in total. The largest absolute Gasteiger partial charge is 0.330 e. The van der Waals surface area contributed by atoms with Crippen molar-refractivity contribution < 1.29 is 0 Å². The van der Waals surface area contributed by atoms with Gasteiger partial charge in [-0.1, -0.05) is 26.7 Å². The number of rotatable bonds is 3. The van der Waals surface area contributed by atoms with Gasteiger partial charge in [-0.15, -0.1) is 0 Å². The lowest BCUT2D eigenvalue weighted by molar-refractivity contribution is 0.268. The highest BCUT2D eigenvalue weighted by Gasteiger charge is 2.58. The summed E-state index contributed by atoms with van der Waals surface area (Å²) >= 11 is 0. The van der Waals surface area contributed by atoms with Crippen molar-refractivity contribution >= 4 is 0 Å². The molecule has 0 radical (unpaired) electrons. The van der Waals surface area contributed by atoms with Gasteiger partial charge in [0.15, 0.2) is 0 Å². The lowest BCUT2D eigenvalue weighted by atomic mass is 9.83. The maximum Gasteiger partial charge on any atom is -0.00150 e. The predicted octanol–water partition coefficient (Wildman–Crippen LogP) is 2.80. The number of nitrogens with two attached hydrogens (primary N) is 1. The molecular formula is C12H23N. The maximum absolute atomic E-state index is 5.98. The molecule has 2 aliphatic rings. The topological polar surface area (TPSA) is 26.0 Å². The summed E-state index contributed by atoms with van der Waals surface area (Å²) in [5, 5.41) is 0. The zero-order valence-electron chi connectivity index (χ0n) is 9.05. The highest BCUT2D eigenvalue weighted by atomic mass is 14.7. The van der Waals surface area contributed by atoms with Crippen LogP contribution in [0.1, 0.15) is 46.0 Å². The molecule has 13 heavy (non-hydrogen) atoms. The first kappa shape index (κ1) is 9.51. The van der Waals surface area contributed by atoms with Crippen LogP contribution in [-0.4, -0.2) is 6.54 Å². The minimum atomic E-state index is 0.588. The Morgan fingerprint density at radius 2 is 1.92 bits per heavy atom. The predicted molar refractivity (Wildman–Crippen MR) is 56.4 cm³/mol. The Kier molecular flexibility index (Phi) is 2.39. The van der Waals surface area contributed by atoms with Gasteiger partial charge in [0.25, 0.3) is 0 Å². The lowest BCUT2D eigenvalue weighted by Gasteiger charge is -2.24. The fourth-order valence-electron chi connectivity index (χ4n) is 3.62. The van der Waals surface area contributed by atoms with Crippen LogP contribution in [0.5, 0.6) is 0 Å². The van der Waals surface area contributed by atoms with Crippen molar-refractivity contribution in [1.82, 2.24) is 0 Å². The van der Waals surface area contributed by atoms with Crippen LogP contribution in [0, 0.1) is 23.2 Å². The van der Waals surface area contributed by atoms with Crippen molar-refractivity contribution in [3.63, 3.8) is 0 Å². The highest BCUT2D eigenvalue weighted by molar-refractivity contribution is 5.08. The minimum absolute atomic E-state index is 0.588. The van der Waals surface area contributed by atoms with Gasteiger partial charge in [-0.25, -0.2) is 0 Å². The molecule has 0 saturated heterocycles. The van der Waals surface area contributed by atoms with E-state index in [-0.39, 0.29) is 0 Å². The molecule has 0 aromatic carbocycles. The van der Waals surface area contributed by atoms with Gasteiger partial charge < -0.3 is 5.73 Å². The van der Waals surface area contributed by atoms with E-state index in [4.69, 9.17) is 5.73 Å². The SMILES string of the molecule is CC(C)C1CC1(CN)C1CCCC1. The van der Waals surface area contributed by atoms with Crippen LogP contribution in [-0.2, 0) is 0 Å². The van der Waals surface area contributed by atoms with Crippen LogP contribution in [0.25, 0.3) is 0 Å². The summed E-state index contributed by atoms with van der Waals surface area (Å²) in [6.45, 7) is 5.66. The molecule has 76 valence electrons. The Hall–Kier alpha value is -0.0400. The van der Waals surface area contributed by atoms with E-state index in [1.54, 1.807) is 0 Å². The molecule has 2 saturated carbocycles.